The van der Waals surface area contributed by atoms with Crippen molar-refractivity contribution in [2.24, 2.45) is 5.92 Å². The van der Waals surface area contributed by atoms with Gasteiger partial charge >= 0.3 is 0 Å². The van der Waals surface area contributed by atoms with Crippen molar-refractivity contribution >= 4 is 0 Å². The van der Waals surface area contributed by atoms with E-state index in [0.717, 1.165) is 6.54 Å². The van der Waals surface area contributed by atoms with E-state index in [0.29, 0.717) is 5.92 Å². The van der Waals surface area contributed by atoms with Crippen LogP contribution in [0.3, 0.4) is 0 Å². The van der Waals surface area contributed by atoms with E-state index in [4.69, 9.17) is 0 Å². The molecule has 0 radical (unpaired) electrons. The average molecular weight is 221 g/mol. The molecule has 0 aliphatic carbocycles. The Morgan fingerprint density at radius 3 is 2.19 bits per heavy atom. The first kappa shape index (κ1) is 13.2. The molecule has 2 heteroatoms. The second-order valence-electron chi connectivity index (χ2n) is 4.89. The Balaban J connectivity index is 2.62. The van der Waals surface area contributed by atoms with Crippen molar-refractivity contribution in [3.8, 4) is 0 Å². The first-order valence-corrected chi connectivity index (χ1v) is 5.91. The fourth-order valence-corrected chi connectivity index (χ4v) is 1.96. The van der Waals surface area contributed by atoms with Crippen LogP contribution >= 0.6 is 0 Å². The number of hydrogen-bond donors (Lipinski definition) is 1. The Morgan fingerprint density at radius 1 is 1.19 bits per heavy atom. The predicted molar refractivity (Wildman–Crippen MR) is 68.4 cm³/mol. The molecule has 0 aromatic heterocycles. The Hall–Kier alpha value is -0.860. The van der Waals surface area contributed by atoms with E-state index >= 15 is 0 Å². The van der Waals surface area contributed by atoms with E-state index < -0.39 is 0 Å². The van der Waals surface area contributed by atoms with E-state index in [1.807, 2.05) is 0 Å². The largest absolute Gasteiger partial charge is 0.395 e. The molecule has 0 heterocycles. The highest BCUT2D eigenvalue weighted by molar-refractivity contribution is 5.21. The van der Waals surface area contributed by atoms with Gasteiger partial charge in [0.25, 0.3) is 0 Å². The minimum Gasteiger partial charge on any atom is -0.395 e. The predicted octanol–water partition coefficient (Wildman–Crippen LogP) is 2.44. The van der Waals surface area contributed by atoms with Crippen molar-refractivity contribution in [1.82, 2.24) is 4.90 Å². The Kier molecular flexibility index (Phi) is 4.97. The van der Waals surface area contributed by atoms with Crippen LogP contribution in [0.4, 0.5) is 0 Å². The van der Waals surface area contributed by atoms with Crippen LogP contribution in [0.2, 0.25) is 0 Å². The number of nitrogens with zero attached hydrogens (tertiary/aromatic N) is 1. The molecule has 1 aromatic rings. The Bertz CT molecular complexity index is 305. The summed E-state index contributed by atoms with van der Waals surface area (Å²) in [7, 11) is 2.07. The summed E-state index contributed by atoms with van der Waals surface area (Å²) in [4.78, 5) is 2.22. The maximum absolute atomic E-state index is 9.35. The summed E-state index contributed by atoms with van der Waals surface area (Å²) in [5.74, 6) is 0.473. The second kappa shape index (κ2) is 6.02. The van der Waals surface area contributed by atoms with Crippen molar-refractivity contribution in [3.05, 3.63) is 35.4 Å². The number of benzene rings is 1. The lowest BCUT2D eigenvalue weighted by molar-refractivity contribution is 0.108. The Morgan fingerprint density at radius 2 is 1.75 bits per heavy atom. The van der Waals surface area contributed by atoms with E-state index in [-0.39, 0.29) is 12.6 Å². The SMILES string of the molecule is Cc1ccc(CN(C)C(CO)C(C)C)cc1. The summed E-state index contributed by atoms with van der Waals surface area (Å²) in [5, 5.41) is 9.35. The third-order valence-electron chi connectivity index (χ3n) is 3.08. The highest BCUT2D eigenvalue weighted by atomic mass is 16.3. The summed E-state index contributed by atoms with van der Waals surface area (Å²) in [6.07, 6.45) is 0. The molecule has 0 aliphatic rings. The number of likely N-dealkylation sites (N-methyl/N-ethyl adjacent to an activating group) is 1. The van der Waals surface area contributed by atoms with Crippen LogP contribution < -0.4 is 0 Å². The lowest BCUT2D eigenvalue weighted by Gasteiger charge is -2.29. The third-order valence-corrected chi connectivity index (χ3v) is 3.08. The first-order valence-electron chi connectivity index (χ1n) is 5.91. The zero-order valence-electron chi connectivity index (χ0n) is 10.8. The van der Waals surface area contributed by atoms with Gasteiger partial charge in [-0.15, -0.1) is 0 Å². The van der Waals surface area contributed by atoms with Crippen LogP contribution in [0, 0.1) is 12.8 Å². The molecule has 0 saturated carbocycles. The van der Waals surface area contributed by atoms with Crippen molar-refractivity contribution in [3.63, 3.8) is 0 Å². The van der Waals surface area contributed by atoms with Gasteiger partial charge in [-0.3, -0.25) is 4.90 Å². The van der Waals surface area contributed by atoms with Crippen LogP contribution in [0.5, 0.6) is 0 Å². The van der Waals surface area contributed by atoms with E-state index in [1.54, 1.807) is 0 Å². The normalized spacial score (nSPS) is 13.4. The molecule has 0 aliphatic heterocycles. The molecule has 1 aromatic carbocycles. The van der Waals surface area contributed by atoms with Gasteiger partial charge in [0, 0.05) is 12.6 Å². The van der Waals surface area contributed by atoms with Crippen molar-refractivity contribution in [2.75, 3.05) is 13.7 Å². The summed E-state index contributed by atoms with van der Waals surface area (Å²) in [6, 6.07) is 8.81. The molecule has 0 amide bonds. The maximum atomic E-state index is 9.35. The summed E-state index contributed by atoms with van der Waals surface area (Å²) in [6.45, 7) is 7.50. The van der Waals surface area contributed by atoms with Crippen molar-refractivity contribution in [2.45, 2.75) is 33.4 Å². The number of aliphatic hydroxyl groups excluding tert-OH is 1. The zero-order chi connectivity index (χ0) is 12.1. The molecular formula is C14H23NO. The molecule has 2 nitrogen and oxygen atoms in total. The molecule has 16 heavy (non-hydrogen) atoms. The molecule has 0 saturated heterocycles. The van der Waals surface area contributed by atoms with Crippen LogP contribution in [-0.4, -0.2) is 29.7 Å². The van der Waals surface area contributed by atoms with Gasteiger partial charge in [-0.2, -0.15) is 0 Å². The van der Waals surface area contributed by atoms with Gasteiger partial charge in [-0.05, 0) is 25.5 Å². The van der Waals surface area contributed by atoms with Gasteiger partial charge < -0.3 is 5.11 Å². The van der Waals surface area contributed by atoms with E-state index in [1.165, 1.54) is 11.1 Å². The summed E-state index contributed by atoms with van der Waals surface area (Å²) >= 11 is 0. The number of rotatable bonds is 5. The van der Waals surface area contributed by atoms with Crippen molar-refractivity contribution in [1.29, 1.82) is 0 Å². The third kappa shape index (κ3) is 3.62. The average Bonchev–Trinajstić information content (AvgIpc) is 2.22. The molecule has 0 fully saturated rings. The molecule has 90 valence electrons. The van der Waals surface area contributed by atoms with Gasteiger partial charge in [-0.1, -0.05) is 43.7 Å². The van der Waals surface area contributed by atoms with E-state index in [2.05, 4.69) is 57.0 Å². The standard InChI is InChI=1S/C14H23NO/c1-11(2)14(10-16)15(4)9-13-7-5-12(3)6-8-13/h5-8,11,14,16H,9-10H2,1-4H3. The van der Waals surface area contributed by atoms with Crippen LogP contribution in [0.15, 0.2) is 24.3 Å². The fourth-order valence-electron chi connectivity index (χ4n) is 1.96. The minimum absolute atomic E-state index is 0.222. The smallest absolute Gasteiger partial charge is 0.0589 e. The lowest BCUT2D eigenvalue weighted by Crippen LogP contribution is -2.38. The number of aryl methyl sites for hydroxylation is 1. The van der Waals surface area contributed by atoms with E-state index in [9.17, 15) is 5.11 Å². The monoisotopic (exact) mass is 221 g/mol. The van der Waals surface area contributed by atoms with Gasteiger partial charge in [0.2, 0.25) is 0 Å². The molecule has 1 rings (SSSR count). The van der Waals surface area contributed by atoms with Crippen LogP contribution in [0.25, 0.3) is 0 Å². The van der Waals surface area contributed by atoms with Gasteiger partial charge in [-0.25, -0.2) is 0 Å². The second-order valence-corrected chi connectivity index (χ2v) is 4.89. The quantitative estimate of drug-likeness (QED) is 0.825. The summed E-state index contributed by atoms with van der Waals surface area (Å²) < 4.78 is 0. The molecule has 1 N–H and O–H groups in total. The van der Waals surface area contributed by atoms with Crippen LogP contribution in [0.1, 0.15) is 25.0 Å². The molecular weight excluding hydrogens is 198 g/mol. The highest BCUT2D eigenvalue weighted by Crippen LogP contribution is 2.13. The topological polar surface area (TPSA) is 23.5 Å². The first-order chi connectivity index (χ1) is 7.54. The lowest BCUT2D eigenvalue weighted by atomic mass is 10.0. The van der Waals surface area contributed by atoms with Crippen LogP contribution in [-0.2, 0) is 6.54 Å². The molecule has 0 bridgehead atoms. The summed E-state index contributed by atoms with van der Waals surface area (Å²) in [5.41, 5.74) is 2.58. The number of hydrogen-bond acceptors (Lipinski definition) is 2. The number of aliphatic hydroxyl groups is 1. The van der Waals surface area contributed by atoms with Gasteiger partial charge in [0.05, 0.1) is 6.61 Å². The molecule has 1 atom stereocenters. The Labute approximate surface area is 98.9 Å². The van der Waals surface area contributed by atoms with Crippen molar-refractivity contribution < 1.29 is 5.11 Å². The zero-order valence-corrected chi connectivity index (χ0v) is 10.8. The molecule has 0 spiro atoms. The molecule has 1 unspecified atom stereocenters. The van der Waals surface area contributed by atoms with Gasteiger partial charge in [0.1, 0.15) is 0 Å². The minimum atomic E-state index is 0.222. The maximum Gasteiger partial charge on any atom is 0.0589 e. The van der Waals surface area contributed by atoms with Gasteiger partial charge in [0.15, 0.2) is 0 Å². The highest BCUT2D eigenvalue weighted by Gasteiger charge is 2.17. The fraction of sp³-hybridized carbons (Fsp3) is 0.571.